The minimum absolute atomic E-state index is 0.0449. The van der Waals surface area contributed by atoms with Crippen LogP contribution in [0.5, 0.6) is 0 Å². The fraction of sp³-hybridized carbons (Fsp3) is 0.333. The van der Waals surface area contributed by atoms with E-state index in [0.29, 0.717) is 55.0 Å². The van der Waals surface area contributed by atoms with Crippen molar-refractivity contribution in [2.45, 2.75) is 0 Å². The summed E-state index contributed by atoms with van der Waals surface area (Å²) >= 11 is 12.1. The first-order valence-electron chi connectivity index (χ1n) is 9.72. The Morgan fingerprint density at radius 1 is 0.867 bits per heavy atom. The molecule has 30 heavy (non-hydrogen) atoms. The molecule has 0 radical (unpaired) electrons. The second-order valence-corrected chi connectivity index (χ2v) is 8.11. The van der Waals surface area contributed by atoms with Crippen molar-refractivity contribution in [3.63, 3.8) is 0 Å². The Kier molecular flexibility index (Phi) is 6.01. The summed E-state index contributed by atoms with van der Waals surface area (Å²) in [6.07, 6.45) is 0. The maximum Gasteiger partial charge on any atom is 0.325 e. The van der Waals surface area contributed by atoms with E-state index in [1.165, 1.54) is 17.0 Å². The lowest BCUT2D eigenvalue weighted by molar-refractivity contribution is -0.131. The maximum atomic E-state index is 13.1. The number of rotatable bonds is 4. The van der Waals surface area contributed by atoms with Crippen molar-refractivity contribution in [2.75, 3.05) is 55.6 Å². The van der Waals surface area contributed by atoms with E-state index in [-0.39, 0.29) is 24.3 Å². The molecule has 0 unspecified atom stereocenters. The fourth-order valence-corrected chi connectivity index (χ4v) is 4.04. The van der Waals surface area contributed by atoms with Crippen molar-refractivity contribution >= 4 is 46.5 Å². The highest BCUT2D eigenvalue weighted by Crippen LogP contribution is 2.28. The number of hydrogen-bond donors (Lipinski definition) is 0. The van der Waals surface area contributed by atoms with Gasteiger partial charge in [0.1, 0.15) is 12.4 Å². The minimum atomic E-state index is -0.350. The van der Waals surface area contributed by atoms with Crippen LogP contribution in [-0.2, 0) is 4.79 Å². The average Bonchev–Trinajstić information content (AvgIpc) is 3.11. The summed E-state index contributed by atoms with van der Waals surface area (Å²) in [5.74, 6) is -0.421. The molecule has 6 nitrogen and oxygen atoms in total. The van der Waals surface area contributed by atoms with Crippen LogP contribution in [0.2, 0.25) is 10.0 Å². The van der Waals surface area contributed by atoms with Gasteiger partial charge in [0, 0.05) is 50.6 Å². The normalized spacial score (nSPS) is 17.1. The molecule has 0 aromatic heterocycles. The monoisotopic (exact) mass is 450 g/mol. The Morgan fingerprint density at radius 3 is 2.20 bits per heavy atom. The van der Waals surface area contributed by atoms with Gasteiger partial charge in [0.2, 0.25) is 5.91 Å². The maximum absolute atomic E-state index is 13.1. The topological polar surface area (TPSA) is 47.1 Å². The summed E-state index contributed by atoms with van der Waals surface area (Å²) in [6, 6.07) is 11.1. The molecule has 2 aromatic rings. The second-order valence-electron chi connectivity index (χ2n) is 7.30. The third kappa shape index (κ3) is 4.32. The zero-order valence-electron chi connectivity index (χ0n) is 16.2. The molecule has 2 fully saturated rings. The smallest absolute Gasteiger partial charge is 0.325 e. The molecule has 0 bridgehead atoms. The van der Waals surface area contributed by atoms with Crippen LogP contribution in [0.15, 0.2) is 42.5 Å². The average molecular weight is 451 g/mol. The number of urea groups is 1. The SMILES string of the molecule is O=C(CN1CCN(c2ccc(F)cc2)C1=O)N1CCN(c2ccc(Cl)c(Cl)c2)CC1. The van der Waals surface area contributed by atoms with Crippen molar-refractivity contribution in [2.24, 2.45) is 0 Å². The number of anilines is 2. The van der Waals surface area contributed by atoms with Crippen molar-refractivity contribution < 1.29 is 14.0 Å². The molecule has 158 valence electrons. The number of nitrogens with zero attached hydrogens (tertiary/aromatic N) is 4. The van der Waals surface area contributed by atoms with Gasteiger partial charge in [-0.1, -0.05) is 23.2 Å². The Balaban J connectivity index is 1.31. The molecule has 2 aliphatic heterocycles. The molecule has 2 saturated heterocycles. The Hall–Kier alpha value is -2.51. The van der Waals surface area contributed by atoms with Gasteiger partial charge in [-0.25, -0.2) is 9.18 Å². The van der Waals surface area contributed by atoms with Gasteiger partial charge in [-0.05, 0) is 42.5 Å². The number of carbonyl (C=O) groups excluding carboxylic acids is 2. The second kappa shape index (κ2) is 8.70. The van der Waals surface area contributed by atoms with E-state index in [1.807, 2.05) is 12.1 Å². The molecule has 4 rings (SSSR count). The summed E-state index contributed by atoms with van der Waals surface area (Å²) in [6.45, 7) is 3.49. The first-order chi connectivity index (χ1) is 14.4. The summed E-state index contributed by atoms with van der Waals surface area (Å²) in [5.41, 5.74) is 1.60. The van der Waals surface area contributed by atoms with Crippen LogP contribution in [0, 0.1) is 5.82 Å². The zero-order valence-corrected chi connectivity index (χ0v) is 17.7. The summed E-state index contributed by atoms with van der Waals surface area (Å²) < 4.78 is 13.1. The van der Waals surface area contributed by atoms with E-state index >= 15 is 0 Å². The molecule has 2 heterocycles. The highest BCUT2D eigenvalue weighted by Gasteiger charge is 2.32. The number of amides is 3. The molecule has 0 saturated carbocycles. The standard InChI is InChI=1S/C21H21Cl2FN4O2/c22-18-6-5-17(13-19(18)23)25-7-9-26(10-8-25)20(29)14-27-11-12-28(21(27)30)16-3-1-15(24)2-4-16/h1-6,13H,7-12,14H2. The molecule has 2 aliphatic rings. The summed E-state index contributed by atoms with van der Waals surface area (Å²) in [5, 5.41) is 1.02. The Bertz CT molecular complexity index is 949. The van der Waals surface area contributed by atoms with Crippen LogP contribution in [-0.4, -0.2) is 67.6 Å². The molecule has 0 atom stereocenters. The summed E-state index contributed by atoms with van der Waals surface area (Å²) in [4.78, 5) is 32.4. The van der Waals surface area contributed by atoms with E-state index in [9.17, 15) is 14.0 Å². The van der Waals surface area contributed by atoms with Gasteiger partial charge >= 0.3 is 6.03 Å². The molecule has 0 N–H and O–H groups in total. The number of benzene rings is 2. The van der Waals surface area contributed by atoms with Gasteiger partial charge < -0.3 is 14.7 Å². The van der Waals surface area contributed by atoms with Gasteiger partial charge in [0.05, 0.1) is 10.0 Å². The van der Waals surface area contributed by atoms with Crippen LogP contribution in [0.3, 0.4) is 0 Å². The van der Waals surface area contributed by atoms with Crippen LogP contribution >= 0.6 is 23.2 Å². The van der Waals surface area contributed by atoms with Crippen molar-refractivity contribution in [3.8, 4) is 0 Å². The van der Waals surface area contributed by atoms with E-state index in [4.69, 9.17) is 23.2 Å². The first kappa shape index (κ1) is 20.8. The number of piperazine rings is 1. The summed E-state index contributed by atoms with van der Waals surface area (Å²) in [7, 11) is 0. The number of hydrogen-bond acceptors (Lipinski definition) is 3. The number of carbonyl (C=O) groups is 2. The fourth-order valence-electron chi connectivity index (χ4n) is 3.75. The minimum Gasteiger partial charge on any atom is -0.368 e. The molecular formula is C21H21Cl2FN4O2. The highest BCUT2D eigenvalue weighted by atomic mass is 35.5. The Morgan fingerprint density at radius 2 is 1.53 bits per heavy atom. The van der Waals surface area contributed by atoms with E-state index in [1.54, 1.807) is 28.0 Å². The molecule has 9 heteroatoms. The van der Waals surface area contributed by atoms with Gasteiger partial charge in [0.15, 0.2) is 0 Å². The van der Waals surface area contributed by atoms with Gasteiger partial charge in [-0.15, -0.1) is 0 Å². The van der Waals surface area contributed by atoms with Crippen LogP contribution in [0.4, 0.5) is 20.6 Å². The van der Waals surface area contributed by atoms with E-state index < -0.39 is 0 Å². The lowest BCUT2D eigenvalue weighted by atomic mass is 10.2. The van der Waals surface area contributed by atoms with Crippen LogP contribution in [0.1, 0.15) is 0 Å². The highest BCUT2D eigenvalue weighted by molar-refractivity contribution is 6.42. The van der Waals surface area contributed by atoms with Gasteiger partial charge in [-0.2, -0.15) is 0 Å². The van der Waals surface area contributed by atoms with Crippen molar-refractivity contribution in [3.05, 3.63) is 58.3 Å². The zero-order chi connectivity index (χ0) is 21.3. The molecular weight excluding hydrogens is 430 g/mol. The predicted molar refractivity (Wildman–Crippen MR) is 116 cm³/mol. The first-order valence-corrected chi connectivity index (χ1v) is 10.5. The van der Waals surface area contributed by atoms with Gasteiger partial charge in [0.25, 0.3) is 0 Å². The van der Waals surface area contributed by atoms with Crippen LogP contribution < -0.4 is 9.80 Å². The largest absolute Gasteiger partial charge is 0.368 e. The molecule has 2 aromatic carbocycles. The number of halogens is 3. The van der Waals surface area contributed by atoms with E-state index in [0.717, 1.165) is 5.69 Å². The van der Waals surface area contributed by atoms with Crippen LogP contribution in [0.25, 0.3) is 0 Å². The molecule has 0 spiro atoms. The third-order valence-electron chi connectivity index (χ3n) is 5.46. The predicted octanol–water partition coefficient (Wildman–Crippen LogP) is 3.72. The third-order valence-corrected chi connectivity index (χ3v) is 6.20. The quantitative estimate of drug-likeness (QED) is 0.712. The molecule has 3 amide bonds. The lowest BCUT2D eigenvalue weighted by Crippen LogP contribution is -2.51. The Labute approximate surface area is 184 Å². The van der Waals surface area contributed by atoms with E-state index in [2.05, 4.69) is 4.90 Å². The lowest BCUT2D eigenvalue weighted by Gasteiger charge is -2.36. The van der Waals surface area contributed by atoms with Crippen molar-refractivity contribution in [1.29, 1.82) is 0 Å². The van der Waals surface area contributed by atoms with Gasteiger partial charge in [-0.3, -0.25) is 9.69 Å². The van der Waals surface area contributed by atoms with Crippen molar-refractivity contribution in [1.82, 2.24) is 9.80 Å². The molecule has 0 aliphatic carbocycles.